The minimum absolute atomic E-state index is 0.0544. The van der Waals surface area contributed by atoms with Crippen molar-refractivity contribution in [3.8, 4) is 22.6 Å². The maximum atomic E-state index is 10.4. The van der Waals surface area contributed by atoms with Crippen molar-refractivity contribution in [3.05, 3.63) is 46.9 Å². The lowest BCUT2D eigenvalue weighted by molar-refractivity contribution is 0.453. The number of phenols is 2. The fraction of sp³-hybridized carbons (Fsp3) is 0.235. The van der Waals surface area contributed by atoms with Gasteiger partial charge in [-0.25, -0.2) is 4.98 Å². The van der Waals surface area contributed by atoms with Crippen LogP contribution in [-0.2, 0) is 6.42 Å². The Morgan fingerprint density at radius 3 is 2.50 bits per heavy atom. The summed E-state index contributed by atoms with van der Waals surface area (Å²) in [6.45, 7) is 3.97. The maximum absolute atomic E-state index is 10.4. The second-order valence-corrected chi connectivity index (χ2v) is 5.81. The zero-order valence-corrected chi connectivity index (χ0v) is 13.2. The average molecular weight is 317 g/mol. The molecule has 0 unspecified atom stereocenters. The van der Waals surface area contributed by atoms with Gasteiger partial charge in [-0.2, -0.15) is 0 Å². The highest BCUT2D eigenvalue weighted by Crippen LogP contribution is 2.42. The van der Waals surface area contributed by atoms with Gasteiger partial charge in [-0.05, 0) is 42.7 Å². The number of halogens is 1. The number of aryl methyl sites for hydroxylation is 2. The van der Waals surface area contributed by atoms with E-state index >= 15 is 0 Å². The first-order valence-corrected chi connectivity index (χ1v) is 7.58. The molecule has 0 spiro atoms. The summed E-state index contributed by atoms with van der Waals surface area (Å²) >= 11 is 5.98. The first-order valence-electron chi connectivity index (χ1n) is 7.20. The third-order valence-corrected chi connectivity index (χ3v) is 3.93. The molecule has 3 aromatic rings. The maximum Gasteiger partial charge on any atom is 0.148 e. The molecule has 1 aromatic carbocycles. The van der Waals surface area contributed by atoms with Crippen molar-refractivity contribution in [1.82, 2.24) is 9.38 Å². The van der Waals surface area contributed by atoms with Crippen molar-refractivity contribution < 1.29 is 10.2 Å². The van der Waals surface area contributed by atoms with Gasteiger partial charge in [0.05, 0.1) is 5.56 Å². The topological polar surface area (TPSA) is 57.8 Å². The molecule has 4 nitrogen and oxygen atoms in total. The van der Waals surface area contributed by atoms with Crippen molar-refractivity contribution in [2.45, 2.75) is 26.7 Å². The number of aromatic hydroxyl groups is 2. The Labute approximate surface area is 133 Å². The van der Waals surface area contributed by atoms with Gasteiger partial charge in [0.15, 0.2) is 0 Å². The number of hydrogen-bond acceptors (Lipinski definition) is 3. The first-order chi connectivity index (χ1) is 10.5. The summed E-state index contributed by atoms with van der Waals surface area (Å²) in [6.07, 6.45) is 5.30. The molecule has 0 radical (unpaired) electrons. The third-order valence-electron chi connectivity index (χ3n) is 3.75. The number of phenolic OH excluding ortho intramolecular Hbond substituents is 2. The molecule has 2 N–H and O–H groups in total. The number of aromatic nitrogens is 2. The Morgan fingerprint density at radius 1 is 1.18 bits per heavy atom. The number of fused-ring (bicyclic) bond motifs is 1. The summed E-state index contributed by atoms with van der Waals surface area (Å²) in [5, 5.41) is 21.2. The van der Waals surface area contributed by atoms with E-state index < -0.39 is 0 Å². The highest BCUT2D eigenvalue weighted by Gasteiger charge is 2.18. The molecule has 22 heavy (non-hydrogen) atoms. The standard InChI is InChI=1S/C17H17ClN2O2/c1-3-4-11-7-12(21)16(13(22)8-11)15-10(2)5-6-20-9-14(18)19-17(15)20/h5-9,21-22H,3-4H2,1-2H3. The summed E-state index contributed by atoms with van der Waals surface area (Å²) in [7, 11) is 0. The van der Waals surface area contributed by atoms with Gasteiger partial charge in [-0.1, -0.05) is 24.9 Å². The lowest BCUT2D eigenvalue weighted by Crippen LogP contribution is -1.94. The van der Waals surface area contributed by atoms with Crippen LogP contribution in [0.1, 0.15) is 24.5 Å². The molecule has 0 amide bonds. The van der Waals surface area contributed by atoms with Crippen LogP contribution in [0.15, 0.2) is 30.6 Å². The first kappa shape index (κ1) is 14.7. The summed E-state index contributed by atoms with van der Waals surface area (Å²) in [6, 6.07) is 5.30. The van der Waals surface area contributed by atoms with Crippen LogP contribution in [0.4, 0.5) is 0 Å². The molecule has 2 heterocycles. The van der Waals surface area contributed by atoms with Gasteiger partial charge in [0.25, 0.3) is 0 Å². The van der Waals surface area contributed by atoms with Gasteiger partial charge in [-0.3, -0.25) is 0 Å². The van der Waals surface area contributed by atoms with E-state index in [1.807, 2.05) is 19.2 Å². The van der Waals surface area contributed by atoms with E-state index in [1.165, 1.54) is 0 Å². The van der Waals surface area contributed by atoms with E-state index in [4.69, 9.17) is 11.6 Å². The van der Waals surface area contributed by atoms with Crippen molar-refractivity contribution in [2.75, 3.05) is 0 Å². The monoisotopic (exact) mass is 316 g/mol. The minimum atomic E-state index is 0.0544. The normalized spacial score (nSPS) is 11.2. The fourth-order valence-corrected chi connectivity index (χ4v) is 2.97. The van der Waals surface area contributed by atoms with Crippen LogP contribution in [0.25, 0.3) is 16.8 Å². The number of rotatable bonds is 3. The molecule has 114 valence electrons. The molecular weight excluding hydrogens is 300 g/mol. The SMILES string of the molecule is CCCc1cc(O)c(-c2c(C)ccn3cc(Cl)nc23)c(O)c1. The van der Waals surface area contributed by atoms with E-state index in [-0.39, 0.29) is 11.5 Å². The number of imidazole rings is 1. The highest BCUT2D eigenvalue weighted by molar-refractivity contribution is 6.29. The highest BCUT2D eigenvalue weighted by atomic mass is 35.5. The van der Waals surface area contributed by atoms with E-state index in [1.54, 1.807) is 22.7 Å². The molecule has 3 rings (SSSR count). The predicted molar refractivity (Wildman–Crippen MR) is 87.7 cm³/mol. The van der Waals surface area contributed by atoms with Crippen LogP contribution in [0.5, 0.6) is 11.5 Å². The van der Waals surface area contributed by atoms with E-state index in [0.717, 1.165) is 24.0 Å². The van der Waals surface area contributed by atoms with Crippen LogP contribution in [0, 0.1) is 6.92 Å². The zero-order valence-electron chi connectivity index (χ0n) is 12.5. The lowest BCUT2D eigenvalue weighted by atomic mass is 9.97. The Balaban J connectivity index is 2.30. The van der Waals surface area contributed by atoms with Crippen LogP contribution < -0.4 is 0 Å². The Morgan fingerprint density at radius 2 is 1.86 bits per heavy atom. The predicted octanol–water partition coefficient (Wildman–Crippen LogP) is 4.33. The van der Waals surface area contributed by atoms with E-state index in [9.17, 15) is 10.2 Å². The Hall–Kier alpha value is -2.20. The fourth-order valence-electron chi connectivity index (χ4n) is 2.78. The van der Waals surface area contributed by atoms with Gasteiger partial charge in [0, 0.05) is 18.0 Å². The molecular formula is C17H17ClN2O2. The van der Waals surface area contributed by atoms with E-state index in [2.05, 4.69) is 11.9 Å². The summed E-state index contributed by atoms with van der Waals surface area (Å²) in [5.74, 6) is 0.109. The van der Waals surface area contributed by atoms with Gasteiger partial charge in [-0.15, -0.1) is 0 Å². The number of hydrogen-bond donors (Lipinski definition) is 2. The summed E-state index contributed by atoms with van der Waals surface area (Å²) < 4.78 is 1.78. The van der Waals surface area contributed by atoms with E-state index in [0.29, 0.717) is 21.9 Å². The minimum Gasteiger partial charge on any atom is -0.507 e. The zero-order chi connectivity index (χ0) is 15.9. The number of benzene rings is 1. The smallest absolute Gasteiger partial charge is 0.148 e. The number of pyridine rings is 1. The Kier molecular flexibility index (Phi) is 3.71. The molecule has 2 aromatic heterocycles. The molecule has 0 aliphatic heterocycles. The summed E-state index contributed by atoms with van der Waals surface area (Å²) in [5.41, 5.74) is 3.51. The molecule has 0 saturated heterocycles. The summed E-state index contributed by atoms with van der Waals surface area (Å²) in [4.78, 5) is 4.30. The molecule has 0 fully saturated rings. The Bertz CT molecular complexity index is 832. The largest absolute Gasteiger partial charge is 0.507 e. The molecule has 0 bridgehead atoms. The molecule has 5 heteroatoms. The average Bonchev–Trinajstić information content (AvgIpc) is 2.81. The van der Waals surface area contributed by atoms with Crippen molar-refractivity contribution in [3.63, 3.8) is 0 Å². The van der Waals surface area contributed by atoms with Crippen molar-refractivity contribution in [2.24, 2.45) is 0 Å². The number of nitrogens with zero attached hydrogens (tertiary/aromatic N) is 2. The van der Waals surface area contributed by atoms with Gasteiger partial charge < -0.3 is 14.6 Å². The third kappa shape index (κ3) is 2.40. The molecule has 0 aliphatic carbocycles. The van der Waals surface area contributed by atoms with Crippen LogP contribution in [0.3, 0.4) is 0 Å². The lowest BCUT2D eigenvalue weighted by Gasteiger charge is -2.13. The quantitative estimate of drug-likeness (QED) is 0.756. The molecule has 0 aliphatic rings. The second-order valence-electron chi connectivity index (χ2n) is 5.43. The van der Waals surface area contributed by atoms with Crippen molar-refractivity contribution in [1.29, 1.82) is 0 Å². The van der Waals surface area contributed by atoms with Crippen LogP contribution in [-0.4, -0.2) is 19.6 Å². The molecule has 0 saturated carbocycles. The second kappa shape index (κ2) is 5.54. The van der Waals surface area contributed by atoms with Gasteiger partial charge in [0.1, 0.15) is 22.3 Å². The van der Waals surface area contributed by atoms with Crippen LogP contribution >= 0.6 is 11.6 Å². The van der Waals surface area contributed by atoms with Gasteiger partial charge >= 0.3 is 0 Å². The van der Waals surface area contributed by atoms with Gasteiger partial charge in [0.2, 0.25) is 0 Å². The van der Waals surface area contributed by atoms with Crippen LogP contribution in [0.2, 0.25) is 5.15 Å². The van der Waals surface area contributed by atoms with Crippen molar-refractivity contribution >= 4 is 17.2 Å². The molecule has 0 atom stereocenters.